The van der Waals surface area contributed by atoms with Crippen molar-refractivity contribution in [3.05, 3.63) is 28.0 Å². The molecule has 2 rings (SSSR count). The van der Waals surface area contributed by atoms with Gasteiger partial charge in [0.15, 0.2) is 0 Å². The summed E-state index contributed by atoms with van der Waals surface area (Å²) in [6, 6.07) is 4.03. The predicted molar refractivity (Wildman–Crippen MR) is 86.9 cm³/mol. The topological polar surface area (TPSA) is 15.3 Å². The number of hydrogen-bond donors (Lipinski definition) is 1. The number of anilines is 1. The van der Waals surface area contributed by atoms with Crippen molar-refractivity contribution in [3.63, 3.8) is 0 Å². The standard InChI is InChI=1S/C16H24BrFN2/c1-11(2)7-13-10-20(6-4-5-19-13)16-9-15(18)14(17)8-12(16)3/h8-9,11,13,19H,4-7,10H2,1-3H3. The van der Waals surface area contributed by atoms with Gasteiger partial charge in [-0.2, -0.15) is 0 Å². The maximum Gasteiger partial charge on any atom is 0.139 e. The Bertz CT molecular complexity index is 462. The Kier molecular flexibility index (Phi) is 5.44. The molecule has 0 aromatic heterocycles. The maximum atomic E-state index is 13.8. The van der Waals surface area contributed by atoms with Crippen molar-refractivity contribution in [1.29, 1.82) is 0 Å². The molecule has 1 saturated heterocycles. The maximum absolute atomic E-state index is 13.8. The molecule has 0 bridgehead atoms. The predicted octanol–water partition coefficient (Wildman–Crippen LogP) is 4.11. The summed E-state index contributed by atoms with van der Waals surface area (Å²) in [4.78, 5) is 2.33. The van der Waals surface area contributed by atoms with E-state index >= 15 is 0 Å². The molecule has 1 N–H and O–H groups in total. The van der Waals surface area contributed by atoms with E-state index in [0.29, 0.717) is 16.4 Å². The molecule has 0 aliphatic carbocycles. The summed E-state index contributed by atoms with van der Waals surface area (Å²) < 4.78 is 14.4. The van der Waals surface area contributed by atoms with E-state index in [2.05, 4.69) is 46.9 Å². The van der Waals surface area contributed by atoms with Gasteiger partial charge in [0, 0.05) is 24.8 Å². The molecule has 2 nitrogen and oxygen atoms in total. The molecule has 1 aromatic rings. The molecule has 4 heteroatoms. The monoisotopic (exact) mass is 342 g/mol. The van der Waals surface area contributed by atoms with Crippen LogP contribution in [-0.2, 0) is 0 Å². The zero-order valence-electron chi connectivity index (χ0n) is 12.5. The average molecular weight is 343 g/mol. The Morgan fingerprint density at radius 1 is 1.45 bits per heavy atom. The van der Waals surface area contributed by atoms with Crippen LogP contribution < -0.4 is 10.2 Å². The zero-order chi connectivity index (χ0) is 14.7. The van der Waals surface area contributed by atoms with Crippen LogP contribution in [0.3, 0.4) is 0 Å². The van der Waals surface area contributed by atoms with E-state index in [1.54, 1.807) is 6.07 Å². The van der Waals surface area contributed by atoms with E-state index in [0.717, 1.165) is 43.7 Å². The van der Waals surface area contributed by atoms with Crippen LogP contribution in [-0.4, -0.2) is 25.7 Å². The summed E-state index contributed by atoms with van der Waals surface area (Å²) in [5.41, 5.74) is 2.16. The lowest BCUT2D eigenvalue weighted by Gasteiger charge is -2.29. The Morgan fingerprint density at radius 2 is 2.20 bits per heavy atom. The van der Waals surface area contributed by atoms with E-state index in [4.69, 9.17) is 0 Å². The van der Waals surface area contributed by atoms with E-state index in [-0.39, 0.29) is 5.82 Å². The fourth-order valence-corrected chi connectivity index (χ4v) is 3.38. The summed E-state index contributed by atoms with van der Waals surface area (Å²) in [6.07, 6.45) is 2.26. The fourth-order valence-electron chi connectivity index (χ4n) is 2.92. The number of nitrogens with one attached hydrogen (secondary N) is 1. The number of nitrogens with zero attached hydrogens (tertiary/aromatic N) is 1. The number of rotatable bonds is 3. The number of aryl methyl sites for hydroxylation is 1. The number of halogens is 2. The van der Waals surface area contributed by atoms with Crippen LogP contribution >= 0.6 is 15.9 Å². The average Bonchev–Trinajstić information content (AvgIpc) is 2.58. The highest BCUT2D eigenvalue weighted by molar-refractivity contribution is 9.10. The van der Waals surface area contributed by atoms with Crippen LogP contribution in [0.15, 0.2) is 16.6 Å². The van der Waals surface area contributed by atoms with Crippen molar-refractivity contribution in [2.75, 3.05) is 24.5 Å². The third kappa shape index (κ3) is 3.95. The van der Waals surface area contributed by atoms with Gasteiger partial charge in [-0.25, -0.2) is 4.39 Å². The van der Waals surface area contributed by atoms with Crippen LogP contribution in [0.1, 0.15) is 32.3 Å². The van der Waals surface area contributed by atoms with Crippen LogP contribution in [0.4, 0.5) is 10.1 Å². The second kappa shape index (κ2) is 6.90. The van der Waals surface area contributed by atoms with Gasteiger partial charge in [0.2, 0.25) is 0 Å². The lowest BCUT2D eigenvalue weighted by molar-refractivity contribution is 0.436. The fraction of sp³-hybridized carbons (Fsp3) is 0.625. The third-order valence-electron chi connectivity index (χ3n) is 3.81. The van der Waals surface area contributed by atoms with Crippen molar-refractivity contribution in [2.45, 2.75) is 39.7 Å². The lowest BCUT2D eigenvalue weighted by Crippen LogP contribution is -2.38. The van der Waals surface area contributed by atoms with E-state index in [1.165, 1.54) is 0 Å². The molecule has 0 saturated carbocycles. The van der Waals surface area contributed by atoms with Crippen molar-refractivity contribution in [3.8, 4) is 0 Å². The molecule has 1 atom stereocenters. The Morgan fingerprint density at radius 3 is 2.90 bits per heavy atom. The summed E-state index contributed by atoms with van der Waals surface area (Å²) in [7, 11) is 0. The molecule has 1 heterocycles. The van der Waals surface area contributed by atoms with E-state index in [1.807, 2.05) is 6.07 Å². The largest absolute Gasteiger partial charge is 0.370 e. The normalized spacial score (nSPS) is 20.3. The van der Waals surface area contributed by atoms with Crippen LogP contribution in [0.25, 0.3) is 0 Å². The van der Waals surface area contributed by atoms with E-state index in [9.17, 15) is 4.39 Å². The van der Waals surface area contributed by atoms with Gasteiger partial charge in [-0.15, -0.1) is 0 Å². The molecule has 20 heavy (non-hydrogen) atoms. The first-order valence-corrected chi connectivity index (χ1v) is 8.20. The number of benzene rings is 1. The van der Waals surface area contributed by atoms with E-state index < -0.39 is 0 Å². The SMILES string of the molecule is Cc1cc(Br)c(F)cc1N1CCCNC(CC(C)C)C1. The number of hydrogen-bond acceptors (Lipinski definition) is 2. The van der Waals surface area contributed by atoms with Crippen LogP contribution in [0.2, 0.25) is 0 Å². The minimum Gasteiger partial charge on any atom is -0.370 e. The second-order valence-corrected chi connectivity index (χ2v) is 6.99. The molecule has 112 valence electrons. The smallest absolute Gasteiger partial charge is 0.139 e. The lowest BCUT2D eigenvalue weighted by atomic mass is 10.0. The summed E-state index contributed by atoms with van der Waals surface area (Å²) >= 11 is 3.26. The first-order chi connectivity index (χ1) is 9.47. The van der Waals surface area contributed by atoms with Gasteiger partial charge in [0.25, 0.3) is 0 Å². The van der Waals surface area contributed by atoms with Gasteiger partial charge in [0.1, 0.15) is 5.82 Å². The van der Waals surface area contributed by atoms with Gasteiger partial charge in [0.05, 0.1) is 4.47 Å². The molecule has 1 fully saturated rings. The molecular weight excluding hydrogens is 319 g/mol. The van der Waals surface area contributed by atoms with Gasteiger partial charge < -0.3 is 10.2 Å². The highest BCUT2D eigenvalue weighted by Crippen LogP contribution is 2.28. The molecule has 1 unspecified atom stereocenters. The van der Waals surface area contributed by atoms with Gasteiger partial charge in [-0.05, 0) is 65.9 Å². The second-order valence-electron chi connectivity index (χ2n) is 6.13. The van der Waals surface area contributed by atoms with Gasteiger partial charge in [-0.3, -0.25) is 0 Å². The summed E-state index contributed by atoms with van der Waals surface area (Å²) in [5.74, 6) is 0.499. The van der Waals surface area contributed by atoms with Crippen LogP contribution in [0.5, 0.6) is 0 Å². The molecule has 1 aromatic carbocycles. The minimum absolute atomic E-state index is 0.178. The zero-order valence-corrected chi connectivity index (χ0v) is 14.1. The molecule has 0 spiro atoms. The Hall–Kier alpha value is -0.610. The first-order valence-electron chi connectivity index (χ1n) is 7.41. The van der Waals surface area contributed by atoms with Gasteiger partial charge >= 0.3 is 0 Å². The quantitative estimate of drug-likeness (QED) is 0.889. The molecule has 0 amide bonds. The summed E-state index contributed by atoms with van der Waals surface area (Å²) in [6.45, 7) is 9.55. The first kappa shape index (κ1) is 15.8. The molecule has 1 aliphatic rings. The molecular formula is C16H24BrFN2. The van der Waals surface area contributed by atoms with Crippen molar-refractivity contribution in [2.24, 2.45) is 5.92 Å². The Balaban J connectivity index is 2.19. The van der Waals surface area contributed by atoms with Crippen molar-refractivity contribution >= 4 is 21.6 Å². The third-order valence-corrected chi connectivity index (χ3v) is 4.42. The molecule has 0 radical (unpaired) electrons. The highest BCUT2D eigenvalue weighted by atomic mass is 79.9. The summed E-state index contributed by atoms with van der Waals surface area (Å²) in [5, 5.41) is 3.61. The van der Waals surface area contributed by atoms with Crippen molar-refractivity contribution < 1.29 is 4.39 Å². The van der Waals surface area contributed by atoms with Crippen molar-refractivity contribution in [1.82, 2.24) is 5.32 Å². The molecule has 1 aliphatic heterocycles. The Labute approximate surface area is 129 Å². The minimum atomic E-state index is -0.178. The van der Waals surface area contributed by atoms with Crippen LogP contribution in [0, 0.1) is 18.7 Å². The van der Waals surface area contributed by atoms with Gasteiger partial charge in [-0.1, -0.05) is 13.8 Å². The highest BCUT2D eigenvalue weighted by Gasteiger charge is 2.20.